The van der Waals surface area contributed by atoms with Crippen molar-refractivity contribution in [3.63, 3.8) is 0 Å². The average Bonchev–Trinajstić information content (AvgIpc) is 2.71. The molecule has 156 valence electrons. The minimum absolute atomic E-state index is 0.152. The van der Waals surface area contributed by atoms with Crippen LogP contribution in [0.4, 0.5) is 5.82 Å². The van der Waals surface area contributed by atoms with Crippen LogP contribution in [-0.4, -0.2) is 43.2 Å². The highest BCUT2D eigenvalue weighted by atomic mass is 16.5. The van der Waals surface area contributed by atoms with E-state index in [4.69, 9.17) is 9.47 Å². The molecule has 7 nitrogen and oxygen atoms in total. The van der Waals surface area contributed by atoms with Crippen molar-refractivity contribution in [3.8, 4) is 11.5 Å². The topological polar surface area (TPSA) is 76.6 Å². The van der Waals surface area contributed by atoms with Crippen molar-refractivity contribution in [1.29, 1.82) is 0 Å². The van der Waals surface area contributed by atoms with Crippen LogP contribution in [0.1, 0.15) is 47.7 Å². The van der Waals surface area contributed by atoms with Gasteiger partial charge in [-0.1, -0.05) is 13.8 Å². The molecular formula is C22H30N4O3. The number of aromatic nitrogens is 2. The molecule has 1 aromatic carbocycles. The zero-order valence-corrected chi connectivity index (χ0v) is 17.9. The third-order valence-electron chi connectivity index (χ3n) is 5.11. The molecule has 1 amide bonds. The molecular weight excluding hydrogens is 368 g/mol. The molecule has 1 aliphatic heterocycles. The molecule has 1 N–H and O–H groups in total. The summed E-state index contributed by atoms with van der Waals surface area (Å²) >= 11 is 0. The molecule has 0 atom stereocenters. The van der Waals surface area contributed by atoms with E-state index in [0.717, 1.165) is 36.7 Å². The van der Waals surface area contributed by atoms with Crippen LogP contribution in [0.15, 0.2) is 18.2 Å². The summed E-state index contributed by atoms with van der Waals surface area (Å²) in [7, 11) is 3.29. The van der Waals surface area contributed by atoms with Gasteiger partial charge in [0.25, 0.3) is 5.91 Å². The Labute approximate surface area is 172 Å². The third-order valence-corrected chi connectivity index (χ3v) is 5.11. The Bertz CT molecular complexity index is 883. The maximum absolute atomic E-state index is 12.5. The van der Waals surface area contributed by atoms with Crippen LogP contribution in [0, 0.1) is 12.8 Å². The number of carbonyl (C=O) groups is 1. The van der Waals surface area contributed by atoms with E-state index in [0.29, 0.717) is 30.5 Å². The van der Waals surface area contributed by atoms with Crippen LogP contribution in [0.5, 0.6) is 11.5 Å². The number of nitrogens with one attached hydrogen (secondary N) is 1. The Kier molecular flexibility index (Phi) is 6.56. The SMILES string of the molecule is COc1cc2c(cc1OC)CN(c1cc(C(=O)NCCC(C)C)nc(C)n1)CC2. The highest BCUT2D eigenvalue weighted by Gasteiger charge is 2.22. The van der Waals surface area contributed by atoms with Crippen LogP contribution in [0.2, 0.25) is 0 Å². The molecule has 0 saturated carbocycles. The van der Waals surface area contributed by atoms with Gasteiger partial charge in [-0.2, -0.15) is 0 Å². The van der Waals surface area contributed by atoms with Gasteiger partial charge in [-0.25, -0.2) is 9.97 Å². The Morgan fingerprint density at radius 3 is 2.48 bits per heavy atom. The Morgan fingerprint density at radius 2 is 1.83 bits per heavy atom. The van der Waals surface area contributed by atoms with Crippen molar-refractivity contribution in [3.05, 3.63) is 40.8 Å². The lowest BCUT2D eigenvalue weighted by atomic mass is 9.98. The second-order valence-electron chi connectivity index (χ2n) is 7.74. The zero-order valence-electron chi connectivity index (χ0n) is 17.9. The minimum Gasteiger partial charge on any atom is -0.493 e. The molecule has 3 rings (SSSR count). The van der Waals surface area contributed by atoms with Crippen molar-refractivity contribution in [2.24, 2.45) is 5.92 Å². The number of carbonyl (C=O) groups excluding carboxylic acids is 1. The lowest BCUT2D eigenvalue weighted by Gasteiger charge is -2.30. The van der Waals surface area contributed by atoms with Crippen LogP contribution < -0.4 is 19.7 Å². The smallest absolute Gasteiger partial charge is 0.270 e. The largest absolute Gasteiger partial charge is 0.493 e. The fourth-order valence-corrected chi connectivity index (χ4v) is 3.47. The Balaban J connectivity index is 1.79. The van der Waals surface area contributed by atoms with Gasteiger partial charge in [0.2, 0.25) is 0 Å². The molecule has 1 aliphatic rings. The number of ether oxygens (including phenoxy) is 2. The zero-order chi connectivity index (χ0) is 21.0. The van der Waals surface area contributed by atoms with E-state index in [1.165, 1.54) is 11.1 Å². The van der Waals surface area contributed by atoms with Crippen molar-refractivity contribution >= 4 is 11.7 Å². The first-order valence-corrected chi connectivity index (χ1v) is 10.0. The summed E-state index contributed by atoms with van der Waals surface area (Å²) in [5, 5.41) is 2.95. The van der Waals surface area contributed by atoms with E-state index in [1.54, 1.807) is 20.3 Å². The summed E-state index contributed by atoms with van der Waals surface area (Å²) < 4.78 is 10.9. The van der Waals surface area contributed by atoms with Gasteiger partial charge in [0.05, 0.1) is 14.2 Å². The standard InChI is InChI=1S/C22H30N4O3/c1-14(2)6-8-23-22(27)18-12-21(25-15(3)24-18)26-9-7-16-10-19(28-4)20(29-5)11-17(16)13-26/h10-12,14H,6-9,13H2,1-5H3,(H,23,27). The first-order valence-electron chi connectivity index (χ1n) is 10.0. The number of benzene rings is 1. The number of nitrogens with zero attached hydrogens (tertiary/aromatic N) is 3. The van der Waals surface area contributed by atoms with Crippen LogP contribution in [0.3, 0.4) is 0 Å². The van der Waals surface area contributed by atoms with Gasteiger partial charge in [0.1, 0.15) is 17.3 Å². The van der Waals surface area contributed by atoms with Crippen molar-refractivity contribution in [2.75, 3.05) is 32.2 Å². The van der Waals surface area contributed by atoms with E-state index in [9.17, 15) is 4.79 Å². The summed E-state index contributed by atoms with van der Waals surface area (Å²) in [5.41, 5.74) is 2.83. The molecule has 0 unspecified atom stereocenters. The third kappa shape index (κ3) is 4.96. The van der Waals surface area contributed by atoms with Gasteiger partial charge in [-0.05, 0) is 48.9 Å². The van der Waals surface area contributed by atoms with Crippen LogP contribution in [-0.2, 0) is 13.0 Å². The number of amides is 1. The van der Waals surface area contributed by atoms with Crippen molar-refractivity contribution < 1.29 is 14.3 Å². The minimum atomic E-state index is -0.152. The highest BCUT2D eigenvalue weighted by molar-refractivity contribution is 5.92. The highest BCUT2D eigenvalue weighted by Crippen LogP contribution is 2.34. The number of rotatable bonds is 7. The predicted molar refractivity (Wildman–Crippen MR) is 113 cm³/mol. The van der Waals surface area contributed by atoms with E-state index in [1.807, 2.05) is 19.1 Å². The normalized spacial score (nSPS) is 13.2. The molecule has 0 bridgehead atoms. The van der Waals surface area contributed by atoms with E-state index in [2.05, 4.69) is 34.0 Å². The quantitative estimate of drug-likeness (QED) is 0.772. The second kappa shape index (κ2) is 9.11. The number of methoxy groups -OCH3 is 2. The summed E-state index contributed by atoms with van der Waals surface area (Å²) in [6.07, 6.45) is 1.81. The summed E-state index contributed by atoms with van der Waals surface area (Å²) in [5.74, 6) is 3.22. The summed E-state index contributed by atoms with van der Waals surface area (Å²) in [6.45, 7) is 8.25. The average molecular weight is 399 g/mol. The number of anilines is 1. The first kappa shape index (κ1) is 20.9. The van der Waals surface area contributed by atoms with Crippen molar-refractivity contribution in [1.82, 2.24) is 15.3 Å². The van der Waals surface area contributed by atoms with Gasteiger partial charge >= 0.3 is 0 Å². The fraction of sp³-hybridized carbons (Fsp3) is 0.500. The maximum Gasteiger partial charge on any atom is 0.270 e. The van der Waals surface area contributed by atoms with Gasteiger partial charge in [0.15, 0.2) is 11.5 Å². The van der Waals surface area contributed by atoms with Gasteiger partial charge < -0.3 is 19.7 Å². The van der Waals surface area contributed by atoms with Gasteiger partial charge in [-0.15, -0.1) is 0 Å². The lowest BCUT2D eigenvalue weighted by molar-refractivity contribution is 0.0946. The molecule has 0 spiro atoms. The second-order valence-corrected chi connectivity index (χ2v) is 7.74. The lowest BCUT2D eigenvalue weighted by Crippen LogP contribution is -2.32. The van der Waals surface area contributed by atoms with E-state index < -0.39 is 0 Å². The van der Waals surface area contributed by atoms with Crippen LogP contribution >= 0.6 is 0 Å². The predicted octanol–water partition coefficient (Wildman–Crippen LogP) is 3.14. The molecule has 0 fully saturated rings. The maximum atomic E-state index is 12.5. The summed E-state index contributed by atoms with van der Waals surface area (Å²) in [4.78, 5) is 23.6. The first-order chi connectivity index (χ1) is 13.9. The number of fused-ring (bicyclic) bond motifs is 1. The monoisotopic (exact) mass is 398 g/mol. The Morgan fingerprint density at radius 1 is 1.14 bits per heavy atom. The van der Waals surface area contributed by atoms with Gasteiger partial charge in [0, 0.05) is 25.7 Å². The van der Waals surface area contributed by atoms with Crippen molar-refractivity contribution in [2.45, 2.75) is 40.2 Å². The molecule has 2 heterocycles. The number of hydrogen-bond donors (Lipinski definition) is 1. The van der Waals surface area contributed by atoms with Crippen LogP contribution in [0.25, 0.3) is 0 Å². The molecule has 7 heteroatoms. The molecule has 0 radical (unpaired) electrons. The number of aryl methyl sites for hydroxylation is 1. The summed E-state index contributed by atoms with van der Waals surface area (Å²) in [6, 6.07) is 5.85. The molecule has 1 aromatic heterocycles. The van der Waals surface area contributed by atoms with E-state index >= 15 is 0 Å². The molecule has 29 heavy (non-hydrogen) atoms. The fourth-order valence-electron chi connectivity index (χ4n) is 3.47. The Hall–Kier alpha value is -2.83. The number of hydrogen-bond acceptors (Lipinski definition) is 6. The molecule has 0 aliphatic carbocycles. The van der Waals surface area contributed by atoms with E-state index in [-0.39, 0.29) is 5.91 Å². The van der Waals surface area contributed by atoms with Gasteiger partial charge in [-0.3, -0.25) is 4.79 Å². The molecule has 0 saturated heterocycles. The molecule has 2 aromatic rings.